The van der Waals surface area contributed by atoms with Crippen molar-refractivity contribution in [3.63, 3.8) is 0 Å². The first-order valence-electron chi connectivity index (χ1n) is 8.03. The Labute approximate surface area is 146 Å². The Bertz CT molecular complexity index is 943. The van der Waals surface area contributed by atoms with Crippen LogP contribution in [0.4, 0.5) is 0 Å². The van der Waals surface area contributed by atoms with Crippen LogP contribution in [0, 0.1) is 11.3 Å². The van der Waals surface area contributed by atoms with Crippen molar-refractivity contribution >= 4 is 16.7 Å². The van der Waals surface area contributed by atoms with Gasteiger partial charge in [-0.1, -0.05) is 30.3 Å². The quantitative estimate of drug-likeness (QED) is 0.647. The van der Waals surface area contributed by atoms with Crippen LogP contribution < -0.4 is 4.74 Å². The lowest BCUT2D eigenvalue weighted by atomic mass is 10.0. The minimum absolute atomic E-state index is 0.301. The van der Waals surface area contributed by atoms with Crippen molar-refractivity contribution in [1.82, 2.24) is 0 Å². The lowest BCUT2D eigenvalue weighted by molar-refractivity contribution is 0.0526. The van der Waals surface area contributed by atoms with Gasteiger partial charge in [-0.05, 0) is 48.2 Å². The van der Waals surface area contributed by atoms with Crippen molar-refractivity contribution in [1.29, 1.82) is 5.26 Å². The number of nitriles is 1. The average Bonchev–Trinajstić information content (AvgIpc) is 2.66. The van der Waals surface area contributed by atoms with Crippen LogP contribution in [0.3, 0.4) is 0 Å². The summed E-state index contributed by atoms with van der Waals surface area (Å²) in [5, 5.41) is 10.7. The third-order valence-corrected chi connectivity index (χ3v) is 3.79. The van der Waals surface area contributed by atoms with Crippen LogP contribution in [-0.2, 0) is 11.3 Å². The molecule has 25 heavy (non-hydrogen) atoms. The molecule has 4 nitrogen and oxygen atoms in total. The van der Waals surface area contributed by atoms with Gasteiger partial charge in [0.2, 0.25) is 0 Å². The van der Waals surface area contributed by atoms with E-state index in [4.69, 9.17) is 14.7 Å². The molecule has 3 aromatic rings. The molecule has 0 N–H and O–H groups in total. The maximum Gasteiger partial charge on any atom is 0.338 e. The summed E-state index contributed by atoms with van der Waals surface area (Å²) in [5.74, 6) is 0.185. The maximum absolute atomic E-state index is 12.1. The predicted octanol–water partition coefficient (Wildman–Crippen LogP) is 4.47. The third-order valence-electron chi connectivity index (χ3n) is 3.79. The van der Waals surface area contributed by atoms with Gasteiger partial charge in [-0.25, -0.2) is 4.79 Å². The highest BCUT2D eigenvalue weighted by atomic mass is 16.5. The molecule has 124 valence electrons. The number of rotatable bonds is 5. The molecule has 0 spiro atoms. The smallest absolute Gasteiger partial charge is 0.338 e. The van der Waals surface area contributed by atoms with E-state index in [1.807, 2.05) is 36.4 Å². The second-order valence-corrected chi connectivity index (χ2v) is 5.52. The van der Waals surface area contributed by atoms with Crippen LogP contribution in [0.1, 0.15) is 28.4 Å². The second-order valence-electron chi connectivity index (χ2n) is 5.52. The monoisotopic (exact) mass is 331 g/mol. The molecule has 0 aliphatic rings. The number of hydrogen-bond donors (Lipinski definition) is 0. The van der Waals surface area contributed by atoms with Gasteiger partial charge in [-0.15, -0.1) is 0 Å². The number of hydrogen-bond acceptors (Lipinski definition) is 4. The average molecular weight is 331 g/mol. The maximum atomic E-state index is 12.1. The number of benzene rings is 3. The van der Waals surface area contributed by atoms with E-state index in [-0.39, 0.29) is 0 Å². The van der Waals surface area contributed by atoms with E-state index in [0.717, 1.165) is 16.3 Å². The van der Waals surface area contributed by atoms with Gasteiger partial charge >= 0.3 is 5.97 Å². The molecule has 0 saturated carbocycles. The molecule has 0 fully saturated rings. The number of carbonyl (C=O) groups excluding carboxylic acids is 1. The van der Waals surface area contributed by atoms with E-state index >= 15 is 0 Å². The van der Waals surface area contributed by atoms with Gasteiger partial charge in [0.05, 0.1) is 23.8 Å². The fourth-order valence-electron chi connectivity index (χ4n) is 2.59. The fraction of sp³-hybridized carbons (Fsp3) is 0.143. The van der Waals surface area contributed by atoms with Crippen LogP contribution in [-0.4, -0.2) is 12.6 Å². The predicted molar refractivity (Wildman–Crippen MR) is 95.4 cm³/mol. The lowest BCUT2D eigenvalue weighted by Crippen LogP contribution is -2.05. The second kappa shape index (κ2) is 7.50. The summed E-state index contributed by atoms with van der Waals surface area (Å²) in [6, 6.07) is 20.6. The summed E-state index contributed by atoms with van der Waals surface area (Å²) >= 11 is 0. The van der Waals surface area contributed by atoms with Gasteiger partial charge in [-0.2, -0.15) is 5.26 Å². The topological polar surface area (TPSA) is 59.3 Å². The van der Waals surface area contributed by atoms with E-state index in [0.29, 0.717) is 30.1 Å². The zero-order chi connectivity index (χ0) is 17.6. The van der Waals surface area contributed by atoms with Crippen molar-refractivity contribution in [3.8, 4) is 11.8 Å². The molecule has 0 saturated heterocycles. The fourth-order valence-corrected chi connectivity index (χ4v) is 2.59. The molecule has 4 heteroatoms. The molecule has 0 heterocycles. The van der Waals surface area contributed by atoms with Crippen molar-refractivity contribution in [3.05, 3.63) is 77.4 Å². The first-order valence-corrected chi connectivity index (χ1v) is 8.03. The van der Waals surface area contributed by atoms with Crippen LogP contribution in [0.15, 0.2) is 60.7 Å². The molecule has 0 atom stereocenters. The highest BCUT2D eigenvalue weighted by molar-refractivity contribution is 5.98. The Morgan fingerprint density at radius 2 is 1.88 bits per heavy atom. The van der Waals surface area contributed by atoms with E-state index < -0.39 is 5.97 Å². The number of esters is 1. The van der Waals surface area contributed by atoms with Crippen LogP contribution >= 0.6 is 0 Å². The van der Waals surface area contributed by atoms with E-state index in [1.54, 1.807) is 31.2 Å². The Morgan fingerprint density at radius 3 is 2.60 bits per heavy atom. The largest absolute Gasteiger partial charge is 0.488 e. The highest BCUT2D eigenvalue weighted by Crippen LogP contribution is 2.29. The first kappa shape index (κ1) is 16.5. The summed E-state index contributed by atoms with van der Waals surface area (Å²) < 4.78 is 11.0. The highest BCUT2D eigenvalue weighted by Gasteiger charge is 2.13. The van der Waals surface area contributed by atoms with Crippen LogP contribution in [0.2, 0.25) is 0 Å². The molecule has 3 rings (SSSR count). The van der Waals surface area contributed by atoms with E-state index in [1.165, 1.54) is 0 Å². The molecule has 0 amide bonds. The Hall–Kier alpha value is -3.32. The van der Waals surface area contributed by atoms with Crippen molar-refractivity contribution in [2.75, 3.05) is 6.61 Å². The Morgan fingerprint density at radius 1 is 1.08 bits per heavy atom. The minimum atomic E-state index is -0.406. The molecular weight excluding hydrogens is 314 g/mol. The van der Waals surface area contributed by atoms with Gasteiger partial charge in [0, 0.05) is 5.39 Å². The number of fused-ring (bicyclic) bond motifs is 1. The van der Waals surface area contributed by atoms with E-state index in [2.05, 4.69) is 6.07 Å². The summed E-state index contributed by atoms with van der Waals surface area (Å²) in [5.41, 5.74) is 1.97. The standard InChI is InChI=1S/C21H17NO3/c1-2-24-21(23)18-11-17-10-16(13-22)8-9-19(17)20(12-18)25-14-15-6-4-3-5-7-15/h3-12H,2,14H2,1H3. The van der Waals surface area contributed by atoms with E-state index in [9.17, 15) is 4.79 Å². The Balaban J connectivity index is 2.01. The van der Waals surface area contributed by atoms with Crippen LogP contribution in [0.25, 0.3) is 10.8 Å². The first-order chi connectivity index (χ1) is 12.2. The normalized spacial score (nSPS) is 10.2. The molecule has 3 aromatic carbocycles. The molecular formula is C21H17NO3. The number of ether oxygens (including phenoxy) is 2. The summed E-state index contributed by atoms with van der Waals surface area (Å²) in [6.45, 7) is 2.46. The third kappa shape index (κ3) is 3.78. The molecule has 0 aliphatic carbocycles. The molecule has 0 bridgehead atoms. The van der Waals surface area contributed by atoms with Gasteiger partial charge in [0.15, 0.2) is 0 Å². The molecule has 0 unspecified atom stereocenters. The minimum Gasteiger partial charge on any atom is -0.488 e. The van der Waals surface area contributed by atoms with Gasteiger partial charge in [0.25, 0.3) is 0 Å². The van der Waals surface area contributed by atoms with Crippen LogP contribution in [0.5, 0.6) is 5.75 Å². The number of carbonyl (C=O) groups is 1. The van der Waals surface area contributed by atoms with Gasteiger partial charge in [-0.3, -0.25) is 0 Å². The molecule has 0 aliphatic heterocycles. The van der Waals surface area contributed by atoms with Crippen molar-refractivity contribution < 1.29 is 14.3 Å². The van der Waals surface area contributed by atoms with Gasteiger partial charge < -0.3 is 9.47 Å². The summed E-state index contributed by atoms with van der Waals surface area (Å²) in [4.78, 5) is 12.1. The number of nitrogens with zero attached hydrogens (tertiary/aromatic N) is 1. The zero-order valence-electron chi connectivity index (χ0n) is 13.9. The van der Waals surface area contributed by atoms with Crippen molar-refractivity contribution in [2.24, 2.45) is 0 Å². The van der Waals surface area contributed by atoms with Crippen molar-refractivity contribution in [2.45, 2.75) is 13.5 Å². The Kier molecular flexibility index (Phi) is 4.96. The summed E-state index contributed by atoms with van der Waals surface area (Å²) in [7, 11) is 0. The SMILES string of the molecule is CCOC(=O)c1cc(OCc2ccccc2)c2ccc(C#N)cc2c1. The lowest BCUT2D eigenvalue weighted by Gasteiger charge is -2.12. The molecule has 0 aromatic heterocycles. The zero-order valence-corrected chi connectivity index (χ0v) is 13.9. The molecule has 0 radical (unpaired) electrons. The summed E-state index contributed by atoms with van der Waals surface area (Å²) in [6.07, 6.45) is 0. The van der Waals surface area contributed by atoms with Gasteiger partial charge in [0.1, 0.15) is 12.4 Å².